The second kappa shape index (κ2) is 6.70. The zero-order valence-corrected chi connectivity index (χ0v) is 9.21. The van der Waals surface area contributed by atoms with Gasteiger partial charge in [0.15, 0.2) is 0 Å². The van der Waals surface area contributed by atoms with Crippen molar-refractivity contribution in [2.75, 3.05) is 0 Å². The van der Waals surface area contributed by atoms with Crippen LogP contribution in [0, 0.1) is 0 Å². The van der Waals surface area contributed by atoms with Crippen LogP contribution >= 0.6 is 11.8 Å². The number of carbonyl (C=O) groups is 2. The highest BCUT2D eigenvalue weighted by Gasteiger charge is 2.17. The van der Waals surface area contributed by atoms with Gasteiger partial charge in [0.2, 0.25) is 0 Å². The summed E-state index contributed by atoms with van der Waals surface area (Å²) in [4.78, 5) is 20.8. The lowest BCUT2D eigenvalue weighted by molar-refractivity contribution is -0.137. The maximum Gasteiger partial charge on any atom is 0.304 e. The van der Waals surface area contributed by atoms with Crippen molar-refractivity contribution in [1.29, 1.82) is 0 Å². The van der Waals surface area contributed by atoms with E-state index in [1.807, 2.05) is 13.8 Å². The number of hydrogen-bond acceptors (Lipinski definition) is 3. The standard InChI is InChI=1S/C9H16O4S/c1-3-7(5-9(12)13)14-6(2)4-8(10)11/h6-7H,3-5H2,1-2H3,(H,10,11)(H,12,13). The van der Waals surface area contributed by atoms with Crippen LogP contribution in [0.15, 0.2) is 0 Å². The molecule has 0 aliphatic rings. The van der Waals surface area contributed by atoms with E-state index in [0.717, 1.165) is 6.42 Å². The van der Waals surface area contributed by atoms with Gasteiger partial charge < -0.3 is 10.2 Å². The Morgan fingerprint density at radius 2 is 1.71 bits per heavy atom. The third kappa shape index (κ3) is 6.77. The van der Waals surface area contributed by atoms with Crippen LogP contribution < -0.4 is 0 Å². The summed E-state index contributed by atoms with van der Waals surface area (Å²) in [6.45, 7) is 3.72. The van der Waals surface area contributed by atoms with Gasteiger partial charge in [0.25, 0.3) is 0 Å². The SMILES string of the molecule is CCC(CC(=O)O)SC(C)CC(=O)O. The van der Waals surface area contributed by atoms with Gasteiger partial charge in [0.05, 0.1) is 12.8 Å². The zero-order chi connectivity index (χ0) is 11.1. The van der Waals surface area contributed by atoms with Gasteiger partial charge in [0.1, 0.15) is 0 Å². The first-order valence-corrected chi connectivity index (χ1v) is 5.49. The van der Waals surface area contributed by atoms with E-state index in [-0.39, 0.29) is 23.3 Å². The van der Waals surface area contributed by atoms with Crippen molar-refractivity contribution < 1.29 is 19.8 Å². The van der Waals surface area contributed by atoms with Gasteiger partial charge in [-0.25, -0.2) is 0 Å². The number of hydrogen-bond donors (Lipinski definition) is 2. The lowest BCUT2D eigenvalue weighted by Crippen LogP contribution is -2.14. The molecule has 0 saturated heterocycles. The van der Waals surface area contributed by atoms with E-state index in [9.17, 15) is 9.59 Å². The Balaban J connectivity index is 3.91. The average Bonchev–Trinajstić information content (AvgIpc) is 2.00. The van der Waals surface area contributed by atoms with Crippen LogP contribution in [0.3, 0.4) is 0 Å². The number of carboxylic acid groups (broad SMARTS) is 2. The van der Waals surface area contributed by atoms with E-state index >= 15 is 0 Å². The molecule has 0 rings (SSSR count). The molecule has 5 heteroatoms. The molecule has 0 bridgehead atoms. The van der Waals surface area contributed by atoms with Gasteiger partial charge in [0, 0.05) is 10.5 Å². The van der Waals surface area contributed by atoms with Gasteiger partial charge in [-0.3, -0.25) is 9.59 Å². The number of aliphatic carboxylic acids is 2. The minimum atomic E-state index is -0.838. The molecule has 2 unspecified atom stereocenters. The smallest absolute Gasteiger partial charge is 0.304 e. The van der Waals surface area contributed by atoms with Crippen LogP contribution in [0.4, 0.5) is 0 Å². The molecule has 0 saturated carbocycles. The molecule has 0 amide bonds. The van der Waals surface area contributed by atoms with Crippen LogP contribution in [-0.2, 0) is 9.59 Å². The molecule has 14 heavy (non-hydrogen) atoms. The van der Waals surface area contributed by atoms with Crippen LogP contribution in [0.25, 0.3) is 0 Å². The predicted molar refractivity (Wildman–Crippen MR) is 55.6 cm³/mol. The molecular formula is C9H16O4S. The number of rotatable bonds is 7. The second-order valence-corrected chi connectivity index (χ2v) is 4.92. The Hall–Kier alpha value is -0.710. The van der Waals surface area contributed by atoms with Gasteiger partial charge in [-0.2, -0.15) is 11.8 Å². The maximum atomic E-state index is 10.4. The summed E-state index contributed by atoms with van der Waals surface area (Å²) in [5, 5.41) is 17.1. The molecule has 0 aromatic carbocycles. The van der Waals surface area contributed by atoms with E-state index in [1.165, 1.54) is 11.8 Å². The summed E-state index contributed by atoms with van der Waals surface area (Å²) in [5.74, 6) is -1.66. The Morgan fingerprint density at radius 1 is 1.21 bits per heavy atom. The molecule has 4 nitrogen and oxygen atoms in total. The molecule has 82 valence electrons. The lowest BCUT2D eigenvalue weighted by atomic mass is 10.2. The minimum Gasteiger partial charge on any atom is -0.481 e. The van der Waals surface area contributed by atoms with Crippen molar-refractivity contribution in [2.45, 2.75) is 43.6 Å². The Morgan fingerprint density at radius 3 is 2.07 bits per heavy atom. The first-order valence-electron chi connectivity index (χ1n) is 4.54. The summed E-state index contributed by atoms with van der Waals surface area (Å²) in [6, 6.07) is 0. The zero-order valence-electron chi connectivity index (χ0n) is 8.40. The molecule has 0 aromatic heterocycles. The van der Waals surface area contributed by atoms with Gasteiger partial charge >= 0.3 is 11.9 Å². The molecule has 2 atom stereocenters. The summed E-state index contributed by atoms with van der Waals surface area (Å²) in [5.41, 5.74) is 0. The maximum absolute atomic E-state index is 10.4. The normalized spacial score (nSPS) is 14.7. The van der Waals surface area contributed by atoms with Crippen molar-refractivity contribution in [3.63, 3.8) is 0 Å². The van der Waals surface area contributed by atoms with Crippen LogP contribution in [-0.4, -0.2) is 32.7 Å². The Labute approximate surface area is 87.7 Å². The summed E-state index contributed by atoms with van der Waals surface area (Å²) in [7, 11) is 0. The Kier molecular flexibility index (Phi) is 6.36. The van der Waals surface area contributed by atoms with Gasteiger partial charge in [-0.15, -0.1) is 0 Å². The van der Waals surface area contributed by atoms with Crippen molar-refractivity contribution in [2.24, 2.45) is 0 Å². The van der Waals surface area contributed by atoms with E-state index in [1.54, 1.807) is 0 Å². The van der Waals surface area contributed by atoms with E-state index < -0.39 is 11.9 Å². The molecule has 0 fully saturated rings. The first-order chi connectivity index (χ1) is 6.45. The number of carboxylic acids is 2. The van der Waals surface area contributed by atoms with E-state index in [4.69, 9.17) is 10.2 Å². The predicted octanol–water partition coefficient (Wildman–Crippen LogP) is 1.84. The molecule has 2 N–H and O–H groups in total. The van der Waals surface area contributed by atoms with Crippen molar-refractivity contribution in [1.82, 2.24) is 0 Å². The fourth-order valence-electron chi connectivity index (χ4n) is 1.11. The first kappa shape index (κ1) is 13.3. The van der Waals surface area contributed by atoms with E-state index in [0.29, 0.717) is 0 Å². The summed E-state index contributed by atoms with van der Waals surface area (Å²) < 4.78 is 0. The van der Waals surface area contributed by atoms with E-state index in [2.05, 4.69) is 0 Å². The molecule has 0 aliphatic carbocycles. The highest BCUT2D eigenvalue weighted by molar-refractivity contribution is 8.00. The number of thioether (sulfide) groups is 1. The van der Waals surface area contributed by atoms with Gasteiger partial charge in [-0.1, -0.05) is 13.8 Å². The Bertz CT molecular complexity index is 205. The molecule has 0 spiro atoms. The van der Waals surface area contributed by atoms with Gasteiger partial charge in [-0.05, 0) is 6.42 Å². The van der Waals surface area contributed by atoms with Crippen molar-refractivity contribution in [3.8, 4) is 0 Å². The largest absolute Gasteiger partial charge is 0.481 e. The van der Waals surface area contributed by atoms with Crippen LogP contribution in [0.5, 0.6) is 0 Å². The van der Waals surface area contributed by atoms with Crippen LogP contribution in [0.2, 0.25) is 0 Å². The summed E-state index contributed by atoms with van der Waals surface area (Å²) >= 11 is 1.44. The minimum absolute atomic E-state index is 0.0156. The topological polar surface area (TPSA) is 74.6 Å². The van der Waals surface area contributed by atoms with Crippen molar-refractivity contribution in [3.05, 3.63) is 0 Å². The third-order valence-corrected chi connectivity index (χ3v) is 3.26. The third-order valence-electron chi connectivity index (χ3n) is 1.74. The summed E-state index contributed by atoms with van der Waals surface area (Å²) in [6.07, 6.45) is 0.937. The molecule has 0 aliphatic heterocycles. The van der Waals surface area contributed by atoms with Crippen LogP contribution in [0.1, 0.15) is 33.1 Å². The monoisotopic (exact) mass is 220 g/mol. The fourth-order valence-corrected chi connectivity index (χ4v) is 2.43. The highest BCUT2D eigenvalue weighted by atomic mass is 32.2. The molecule has 0 heterocycles. The second-order valence-electron chi connectivity index (χ2n) is 3.17. The molecule has 0 radical (unpaired) electrons. The molecule has 0 aromatic rings. The lowest BCUT2D eigenvalue weighted by Gasteiger charge is -2.16. The average molecular weight is 220 g/mol. The van der Waals surface area contributed by atoms with Crippen molar-refractivity contribution >= 4 is 23.7 Å². The highest BCUT2D eigenvalue weighted by Crippen LogP contribution is 2.25. The fraction of sp³-hybridized carbons (Fsp3) is 0.778. The molecular weight excluding hydrogens is 204 g/mol. The quantitative estimate of drug-likeness (QED) is 0.684.